The summed E-state index contributed by atoms with van der Waals surface area (Å²) in [7, 11) is 3.05. The fraction of sp³-hybridized carbons (Fsp3) is 0.333. The number of benzene rings is 1. The fourth-order valence-electron chi connectivity index (χ4n) is 3.24. The molecule has 0 radical (unpaired) electrons. The Morgan fingerprint density at radius 2 is 1.93 bits per heavy atom. The Bertz CT molecular complexity index is 1080. The van der Waals surface area contributed by atoms with Crippen molar-refractivity contribution in [2.24, 2.45) is 0 Å². The number of hydrogen-bond acceptors (Lipinski definition) is 6. The van der Waals surface area contributed by atoms with Gasteiger partial charge in [0.1, 0.15) is 11.5 Å². The van der Waals surface area contributed by atoms with Crippen LogP contribution in [0.15, 0.2) is 47.5 Å². The van der Waals surface area contributed by atoms with Crippen LogP contribution in [0, 0.1) is 0 Å². The third kappa shape index (κ3) is 4.05. The van der Waals surface area contributed by atoms with Crippen LogP contribution in [0.4, 0.5) is 0 Å². The van der Waals surface area contributed by atoms with Gasteiger partial charge >= 0.3 is 5.69 Å². The van der Waals surface area contributed by atoms with Crippen molar-refractivity contribution in [2.75, 3.05) is 20.8 Å². The van der Waals surface area contributed by atoms with Crippen molar-refractivity contribution >= 4 is 5.91 Å². The first-order valence-corrected chi connectivity index (χ1v) is 9.71. The molecule has 0 unspecified atom stereocenters. The lowest BCUT2D eigenvalue weighted by molar-refractivity contribution is 0.0951. The molecule has 3 aromatic rings. The van der Waals surface area contributed by atoms with Crippen LogP contribution in [0.2, 0.25) is 0 Å². The number of hydrogen-bond donors (Lipinski definition) is 1. The summed E-state index contributed by atoms with van der Waals surface area (Å²) < 4.78 is 13.5. The van der Waals surface area contributed by atoms with Gasteiger partial charge in [-0.2, -0.15) is 0 Å². The molecular weight excluding hydrogens is 386 g/mol. The first-order valence-electron chi connectivity index (χ1n) is 9.71. The number of methoxy groups -OCH3 is 2. The first kappa shape index (κ1) is 19.7. The highest BCUT2D eigenvalue weighted by atomic mass is 16.5. The molecule has 1 N–H and O–H groups in total. The lowest BCUT2D eigenvalue weighted by atomic mass is 10.2. The highest BCUT2D eigenvalue weighted by molar-refractivity contribution is 5.95. The minimum atomic E-state index is -0.283. The van der Waals surface area contributed by atoms with E-state index in [4.69, 9.17) is 9.47 Å². The maximum atomic E-state index is 12.9. The molecule has 1 saturated carbocycles. The van der Waals surface area contributed by atoms with Crippen LogP contribution in [0.25, 0.3) is 11.4 Å². The monoisotopic (exact) mass is 409 g/mol. The van der Waals surface area contributed by atoms with Gasteiger partial charge in [0.05, 0.1) is 20.8 Å². The Kier molecular flexibility index (Phi) is 5.51. The van der Waals surface area contributed by atoms with Crippen LogP contribution < -0.4 is 20.5 Å². The molecule has 2 aromatic heterocycles. The lowest BCUT2D eigenvalue weighted by Gasteiger charge is -2.09. The summed E-state index contributed by atoms with van der Waals surface area (Å²) in [5.74, 6) is 1.38. The van der Waals surface area contributed by atoms with Crippen molar-refractivity contribution in [3.05, 3.63) is 58.8 Å². The van der Waals surface area contributed by atoms with Crippen molar-refractivity contribution in [1.29, 1.82) is 0 Å². The summed E-state index contributed by atoms with van der Waals surface area (Å²) in [5, 5.41) is 7.32. The predicted octanol–water partition coefficient (Wildman–Crippen LogP) is 1.89. The largest absolute Gasteiger partial charge is 0.497 e. The van der Waals surface area contributed by atoms with Gasteiger partial charge in [-0.05, 0) is 37.1 Å². The van der Waals surface area contributed by atoms with E-state index >= 15 is 0 Å². The lowest BCUT2D eigenvalue weighted by Crippen LogP contribution is -2.32. The van der Waals surface area contributed by atoms with Crippen molar-refractivity contribution in [2.45, 2.75) is 25.4 Å². The quantitative estimate of drug-likeness (QED) is 0.610. The number of carbonyl (C=O) groups excluding carboxylic acids is 1. The Labute approximate surface area is 173 Å². The summed E-state index contributed by atoms with van der Waals surface area (Å²) >= 11 is 0. The molecule has 1 aromatic carbocycles. The molecule has 4 rings (SSSR count). The van der Waals surface area contributed by atoms with Gasteiger partial charge in [0.15, 0.2) is 5.82 Å². The van der Waals surface area contributed by atoms with Crippen LogP contribution in [-0.2, 0) is 6.54 Å². The number of pyridine rings is 1. The fourth-order valence-corrected chi connectivity index (χ4v) is 3.24. The Morgan fingerprint density at radius 1 is 1.20 bits per heavy atom. The van der Waals surface area contributed by atoms with Crippen molar-refractivity contribution in [1.82, 2.24) is 24.6 Å². The van der Waals surface area contributed by atoms with Gasteiger partial charge in [-0.1, -0.05) is 0 Å². The summed E-state index contributed by atoms with van der Waals surface area (Å²) in [5.41, 5.74) is 1.04. The standard InChI is InChI=1S/C21H23N5O4/c1-29-17-10-15(11-18(12-17)30-2)20(27)23-8-9-25-21(28)26(16-5-6-16)19(24-25)14-4-3-7-22-13-14/h3-4,7,10-13,16H,5-6,8-9H2,1-2H3,(H,23,27). The molecule has 1 fully saturated rings. The van der Waals surface area contributed by atoms with Gasteiger partial charge < -0.3 is 14.8 Å². The predicted molar refractivity (Wildman–Crippen MR) is 110 cm³/mol. The molecule has 1 aliphatic rings. The normalized spacial score (nSPS) is 13.1. The Hall–Kier alpha value is -3.62. The zero-order valence-electron chi connectivity index (χ0n) is 16.9. The third-order valence-electron chi connectivity index (χ3n) is 4.93. The average Bonchev–Trinajstić information content (AvgIpc) is 3.57. The van der Waals surface area contributed by atoms with E-state index in [1.807, 2.05) is 12.1 Å². The van der Waals surface area contributed by atoms with Crippen LogP contribution in [0.3, 0.4) is 0 Å². The number of nitrogens with one attached hydrogen (secondary N) is 1. The minimum Gasteiger partial charge on any atom is -0.497 e. The Morgan fingerprint density at radius 3 is 2.53 bits per heavy atom. The van der Waals surface area contributed by atoms with Crippen molar-refractivity contribution in [3.8, 4) is 22.9 Å². The average molecular weight is 409 g/mol. The van der Waals surface area contributed by atoms with E-state index < -0.39 is 0 Å². The molecule has 0 spiro atoms. The van der Waals surface area contributed by atoms with E-state index in [1.165, 1.54) is 18.9 Å². The second kappa shape index (κ2) is 8.40. The molecular formula is C21H23N5O4. The molecule has 30 heavy (non-hydrogen) atoms. The van der Waals surface area contributed by atoms with Gasteiger partial charge in [-0.15, -0.1) is 5.10 Å². The van der Waals surface area contributed by atoms with Gasteiger partial charge in [0.2, 0.25) is 0 Å². The van der Waals surface area contributed by atoms with Crippen LogP contribution in [0.1, 0.15) is 29.2 Å². The van der Waals surface area contributed by atoms with E-state index in [2.05, 4.69) is 15.4 Å². The molecule has 1 amide bonds. The van der Waals surface area contributed by atoms with Crippen LogP contribution >= 0.6 is 0 Å². The molecule has 9 heteroatoms. The number of nitrogens with zero attached hydrogens (tertiary/aromatic N) is 4. The third-order valence-corrected chi connectivity index (χ3v) is 4.93. The number of carbonyl (C=O) groups is 1. The van der Waals surface area contributed by atoms with E-state index in [9.17, 15) is 9.59 Å². The number of ether oxygens (including phenoxy) is 2. The number of aromatic nitrogens is 4. The molecule has 0 atom stereocenters. The van der Waals surface area contributed by atoms with Gasteiger partial charge in [0.25, 0.3) is 5.91 Å². The topological polar surface area (TPSA) is 100 Å². The second-order valence-corrected chi connectivity index (χ2v) is 7.03. The van der Waals surface area contributed by atoms with Crippen molar-refractivity contribution in [3.63, 3.8) is 0 Å². The molecule has 156 valence electrons. The maximum absolute atomic E-state index is 12.9. The smallest absolute Gasteiger partial charge is 0.346 e. The zero-order chi connectivity index (χ0) is 21.1. The molecule has 0 aliphatic heterocycles. The Balaban J connectivity index is 1.48. The molecule has 0 saturated heterocycles. The van der Waals surface area contributed by atoms with Gasteiger partial charge in [-0.25, -0.2) is 9.48 Å². The number of rotatable bonds is 8. The minimum absolute atomic E-state index is 0.173. The van der Waals surface area contributed by atoms with Gasteiger partial charge in [0, 0.05) is 42.2 Å². The molecule has 9 nitrogen and oxygen atoms in total. The van der Waals surface area contributed by atoms with E-state index in [1.54, 1.807) is 35.2 Å². The highest BCUT2D eigenvalue weighted by Crippen LogP contribution is 2.36. The summed E-state index contributed by atoms with van der Waals surface area (Å²) in [6, 6.07) is 8.84. The first-order chi connectivity index (χ1) is 14.6. The van der Waals surface area contributed by atoms with Crippen LogP contribution in [-0.4, -0.2) is 46.0 Å². The molecule has 1 aliphatic carbocycles. The van der Waals surface area contributed by atoms with Gasteiger partial charge in [-0.3, -0.25) is 14.3 Å². The van der Waals surface area contributed by atoms with E-state index in [-0.39, 0.29) is 30.7 Å². The maximum Gasteiger partial charge on any atom is 0.346 e. The van der Waals surface area contributed by atoms with E-state index in [0.717, 1.165) is 18.4 Å². The van der Waals surface area contributed by atoms with Crippen molar-refractivity contribution < 1.29 is 14.3 Å². The second-order valence-electron chi connectivity index (χ2n) is 7.03. The molecule has 2 heterocycles. The highest BCUT2D eigenvalue weighted by Gasteiger charge is 2.30. The van der Waals surface area contributed by atoms with E-state index in [0.29, 0.717) is 22.9 Å². The molecule has 0 bridgehead atoms. The number of amides is 1. The van der Waals surface area contributed by atoms with Crippen LogP contribution in [0.5, 0.6) is 11.5 Å². The SMILES string of the molecule is COc1cc(OC)cc(C(=O)NCCn2nc(-c3cccnc3)n(C3CC3)c2=O)c1. The summed E-state index contributed by atoms with van der Waals surface area (Å²) in [6.45, 7) is 0.519. The summed E-state index contributed by atoms with van der Waals surface area (Å²) in [6.07, 6.45) is 5.31. The zero-order valence-corrected chi connectivity index (χ0v) is 16.9. The summed E-state index contributed by atoms with van der Waals surface area (Å²) in [4.78, 5) is 29.5.